The Kier molecular flexibility index (Phi) is 4.44. The van der Waals surface area contributed by atoms with E-state index in [1.807, 2.05) is 0 Å². The molecule has 2 nitrogen and oxygen atoms in total. The van der Waals surface area contributed by atoms with Crippen LogP contribution in [0.25, 0.3) is 0 Å². The number of benzene rings is 1. The summed E-state index contributed by atoms with van der Waals surface area (Å²) in [5.41, 5.74) is 6.77. The van der Waals surface area contributed by atoms with Crippen molar-refractivity contribution in [1.29, 1.82) is 0 Å². The second kappa shape index (κ2) is 6.07. The van der Waals surface area contributed by atoms with Gasteiger partial charge in [-0.2, -0.15) is 0 Å². The quantitative estimate of drug-likeness (QED) is 0.791. The van der Waals surface area contributed by atoms with Crippen molar-refractivity contribution in [3.8, 4) is 0 Å². The van der Waals surface area contributed by atoms with E-state index in [4.69, 9.17) is 5.73 Å². The Balaban J connectivity index is 2.02. The molecule has 4 heteroatoms. The summed E-state index contributed by atoms with van der Waals surface area (Å²) < 4.78 is 24.9. The molecule has 1 aliphatic carbocycles. The molecule has 0 bridgehead atoms. The number of rotatable bonds is 5. The molecule has 98 valence electrons. The van der Waals surface area contributed by atoms with Crippen LogP contribution in [0.2, 0.25) is 0 Å². The van der Waals surface area contributed by atoms with E-state index < -0.39 is 6.43 Å². The van der Waals surface area contributed by atoms with Gasteiger partial charge in [0.1, 0.15) is 0 Å². The van der Waals surface area contributed by atoms with E-state index in [2.05, 4.69) is 17.5 Å². The van der Waals surface area contributed by atoms with Gasteiger partial charge in [-0.15, -0.1) is 0 Å². The second-order valence-electron chi connectivity index (χ2n) is 4.56. The first-order valence-corrected chi connectivity index (χ1v) is 6.20. The van der Waals surface area contributed by atoms with Crippen molar-refractivity contribution >= 4 is 0 Å². The van der Waals surface area contributed by atoms with Crippen LogP contribution in [0.3, 0.4) is 0 Å². The molecule has 0 fully saturated rings. The maximum Gasteiger partial charge on any atom is 0.263 e. The van der Waals surface area contributed by atoms with Crippen LogP contribution < -0.4 is 11.1 Å². The summed E-state index contributed by atoms with van der Waals surface area (Å²) in [5.74, 6) is 0. The summed E-state index contributed by atoms with van der Waals surface area (Å²) in [7, 11) is 0. The summed E-state index contributed by atoms with van der Waals surface area (Å²) in [4.78, 5) is 0. The monoisotopic (exact) mass is 252 g/mol. The summed E-state index contributed by atoms with van der Waals surface area (Å²) >= 11 is 0. The lowest BCUT2D eigenvalue weighted by Gasteiger charge is -2.22. The third-order valence-corrected chi connectivity index (χ3v) is 3.27. The highest BCUT2D eigenvalue weighted by molar-refractivity contribution is 5.26. The molecule has 2 rings (SSSR count). The van der Waals surface area contributed by atoms with Crippen LogP contribution in [-0.2, 0) is 0 Å². The van der Waals surface area contributed by atoms with E-state index in [0.717, 1.165) is 18.4 Å². The molecule has 1 atom stereocenters. The first-order valence-electron chi connectivity index (χ1n) is 6.20. The van der Waals surface area contributed by atoms with E-state index in [1.54, 1.807) is 12.1 Å². The van der Waals surface area contributed by atoms with E-state index >= 15 is 0 Å². The minimum Gasteiger partial charge on any atom is -0.329 e. The first-order chi connectivity index (χ1) is 8.70. The molecule has 0 saturated carbocycles. The average Bonchev–Trinajstić information content (AvgIpc) is 2.89. The molecule has 1 unspecified atom stereocenters. The van der Waals surface area contributed by atoms with Gasteiger partial charge in [0.05, 0.1) is 0 Å². The third-order valence-electron chi connectivity index (χ3n) is 3.27. The fraction of sp³-hybridized carbons (Fsp3) is 0.429. The van der Waals surface area contributed by atoms with Crippen molar-refractivity contribution < 1.29 is 8.78 Å². The summed E-state index contributed by atoms with van der Waals surface area (Å²) in [6.07, 6.45) is 3.88. The smallest absolute Gasteiger partial charge is 0.263 e. The summed E-state index contributed by atoms with van der Waals surface area (Å²) in [6.45, 7) is 0.463. The largest absolute Gasteiger partial charge is 0.329 e. The molecule has 0 saturated heterocycles. The number of halogens is 2. The highest BCUT2D eigenvalue weighted by atomic mass is 19.3. The molecule has 1 aliphatic rings. The fourth-order valence-electron chi connectivity index (χ4n) is 2.21. The van der Waals surface area contributed by atoms with E-state index in [1.165, 1.54) is 12.1 Å². The highest BCUT2D eigenvalue weighted by Crippen LogP contribution is 2.22. The number of nitrogens with one attached hydrogen (secondary N) is 1. The fourth-order valence-corrected chi connectivity index (χ4v) is 2.21. The van der Waals surface area contributed by atoms with Crippen molar-refractivity contribution in [3.05, 3.63) is 47.5 Å². The third kappa shape index (κ3) is 3.15. The number of nitrogens with two attached hydrogens (primary N) is 1. The topological polar surface area (TPSA) is 38.0 Å². The van der Waals surface area contributed by atoms with Gasteiger partial charge < -0.3 is 11.1 Å². The lowest BCUT2D eigenvalue weighted by molar-refractivity contribution is 0.151. The summed E-state index contributed by atoms with van der Waals surface area (Å²) in [6, 6.07) is 6.84. The average molecular weight is 252 g/mol. The number of hydrogen-bond donors (Lipinski definition) is 2. The Labute approximate surface area is 106 Å². The normalized spacial score (nSPS) is 17.6. The predicted molar refractivity (Wildman–Crippen MR) is 68.5 cm³/mol. The molecule has 0 aromatic heterocycles. The van der Waals surface area contributed by atoms with Crippen LogP contribution in [0, 0.1) is 0 Å². The van der Waals surface area contributed by atoms with Crippen LogP contribution in [0.4, 0.5) is 8.78 Å². The van der Waals surface area contributed by atoms with Crippen LogP contribution in [0.5, 0.6) is 0 Å². The molecule has 0 heterocycles. The minimum atomic E-state index is -2.41. The van der Waals surface area contributed by atoms with Gasteiger partial charge in [-0.05, 0) is 18.4 Å². The lowest BCUT2D eigenvalue weighted by Crippen LogP contribution is -2.35. The van der Waals surface area contributed by atoms with Gasteiger partial charge in [0.25, 0.3) is 6.43 Å². The first kappa shape index (κ1) is 13.2. The van der Waals surface area contributed by atoms with Crippen molar-refractivity contribution in [2.75, 3.05) is 6.54 Å². The van der Waals surface area contributed by atoms with Crippen LogP contribution >= 0.6 is 0 Å². The van der Waals surface area contributed by atoms with Crippen molar-refractivity contribution in [2.24, 2.45) is 5.73 Å². The lowest BCUT2D eigenvalue weighted by atomic mass is 10.0. The van der Waals surface area contributed by atoms with Gasteiger partial charge in [0.2, 0.25) is 0 Å². The van der Waals surface area contributed by atoms with Gasteiger partial charge in [0.15, 0.2) is 0 Å². The zero-order chi connectivity index (χ0) is 13.0. The number of alkyl halides is 2. The Morgan fingerprint density at radius 3 is 2.17 bits per heavy atom. The SMILES string of the molecule is NCC(NC1CC=CC1)c1ccc(C(F)F)cc1. The van der Waals surface area contributed by atoms with Crippen molar-refractivity contribution in [1.82, 2.24) is 5.32 Å². The van der Waals surface area contributed by atoms with Gasteiger partial charge in [-0.3, -0.25) is 0 Å². The summed E-state index contributed by atoms with van der Waals surface area (Å²) in [5, 5.41) is 3.46. The zero-order valence-electron chi connectivity index (χ0n) is 10.2. The highest BCUT2D eigenvalue weighted by Gasteiger charge is 2.17. The zero-order valence-corrected chi connectivity index (χ0v) is 10.2. The molecule has 0 aliphatic heterocycles. The Hall–Kier alpha value is -1.26. The maximum atomic E-state index is 12.5. The predicted octanol–water partition coefficient (Wildman–Crippen LogP) is 2.93. The standard InChI is InChI=1S/C14H18F2N2/c15-14(16)11-7-5-10(6-8-11)13(9-17)18-12-3-1-2-4-12/h1-2,5-8,12-14,18H,3-4,9,17H2. The molecule has 0 radical (unpaired) electrons. The molecule has 0 amide bonds. The van der Waals surface area contributed by atoms with E-state index in [9.17, 15) is 8.78 Å². The van der Waals surface area contributed by atoms with Crippen molar-refractivity contribution in [2.45, 2.75) is 31.4 Å². The molecule has 18 heavy (non-hydrogen) atoms. The van der Waals surface area contributed by atoms with Gasteiger partial charge >= 0.3 is 0 Å². The van der Waals surface area contributed by atoms with Gasteiger partial charge in [-0.25, -0.2) is 8.78 Å². The molecule has 3 N–H and O–H groups in total. The maximum absolute atomic E-state index is 12.5. The molecular weight excluding hydrogens is 234 g/mol. The van der Waals surface area contributed by atoms with Crippen LogP contribution in [-0.4, -0.2) is 12.6 Å². The van der Waals surface area contributed by atoms with Crippen molar-refractivity contribution in [3.63, 3.8) is 0 Å². The Bertz CT molecular complexity index is 393. The minimum absolute atomic E-state index is 0.0293. The van der Waals surface area contributed by atoms with Gasteiger partial charge in [-0.1, -0.05) is 36.4 Å². The molecular formula is C14H18F2N2. The second-order valence-corrected chi connectivity index (χ2v) is 4.56. The number of hydrogen-bond acceptors (Lipinski definition) is 2. The van der Waals surface area contributed by atoms with E-state index in [-0.39, 0.29) is 11.6 Å². The van der Waals surface area contributed by atoms with E-state index in [0.29, 0.717) is 12.6 Å². The molecule has 0 spiro atoms. The van der Waals surface area contributed by atoms with Crippen LogP contribution in [0.1, 0.15) is 36.4 Å². The van der Waals surface area contributed by atoms with Crippen LogP contribution in [0.15, 0.2) is 36.4 Å². The molecule has 1 aromatic rings. The molecule has 1 aromatic carbocycles. The van der Waals surface area contributed by atoms with Gasteiger partial charge in [0, 0.05) is 24.2 Å². The Morgan fingerprint density at radius 2 is 1.67 bits per heavy atom. The Morgan fingerprint density at radius 1 is 1.11 bits per heavy atom.